The highest BCUT2D eigenvalue weighted by molar-refractivity contribution is 5.60. The first-order valence-corrected chi connectivity index (χ1v) is 9.63. The minimum absolute atomic E-state index is 0.269. The Labute approximate surface area is 161 Å². The third-order valence-electron chi connectivity index (χ3n) is 4.65. The first kappa shape index (κ1) is 19.3. The summed E-state index contributed by atoms with van der Waals surface area (Å²) in [5.41, 5.74) is 5.48. The maximum atomic E-state index is 8.87. The highest BCUT2D eigenvalue weighted by Crippen LogP contribution is 2.20. The number of unbranched alkanes of at least 4 members (excludes halogenated alkanes) is 2. The molecule has 0 radical (unpaired) electrons. The van der Waals surface area contributed by atoms with Crippen molar-refractivity contribution < 1.29 is 5.11 Å². The second kappa shape index (κ2) is 10.00. The molecule has 2 aromatic carbocycles. The summed E-state index contributed by atoms with van der Waals surface area (Å²) in [5.74, 6) is 0. The van der Waals surface area contributed by atoms with Gasteiger partial charge in [0.2, 0.25) is 0 Å². The lowest BCUT2D eigenvalue weighted by atomic mass is 10.1. The molecule has 0 bridgehead atoms. The van der Waals surface area contributed by atoms with E-state index in [1.165, 1.54) is 11.1 Å². The Kier molecular flexibility index (Phi) is 7.13. The summed E-state index contributed by atoms with van der Waals surface area (Å²) in [5, 5.41) is 21.9. The lowest BCUT2D eigenvalue weighted by Crippen LogP contribution is -2.16. The Balaban J connectivity index is 1.74. The molecule has 0 aliphatic carbocycles. The van der Waals surface area contributed by atoms with Crippen LogP contribution in [-0.4, -0.2) is 33.3 Å². The molecule has 0 atom stereocenters. The fourth-order valence-corrected chi connectivity index (χ4v) is 3.08. The second-order valence-corrected chi connectivity index (χ2v) is 6.78. The molecule has 0 saturated heterocycles. The molecular formula is C22H28N4O. The summed E-state index contributed by atoms with van der Waals surface area (Å²) in [6, 6.07) is 18.6. The van der Waals surface area contributed by atoms with E-state index in [2.05, 4.69) is 48.6 Å². The Morgan fingerprint density at radius 2 is 1.70 bits per heavy atom. The van der Waals surface area contributed by atoms with Gasteiger partial charge in [-0.2, -0.15) is 15.0 Å². The lowest BCUT2D eigenvalue weighted by Gasteiger charge is -2.04. The summed E-state index contributed by atoms with van der Waals surface area (Å²) in [4.78, 5) is 1.80. The van der Waals surface area contributed by atoms with Crippen LogP contribution in [0, 0.1) is 6.92 Å². The van der Waals surface area contributed by atoms with E-state index in [9.17, 15) is 0 Å². The van der Waals surface area contributed by atoms with Crippen molar-refractivity contribution in [3.05, 3.63) is 71.4 Å². The zero-order valence-corrected chi connectivity index (χ0v) is 15.9. The Hall–Kier alpha value is -2.50. The van der Waals surface area contributed by atoms with Crippen LogP contribution in [0.4, 0.5) is 0 Å². The summed E-state index contributed by atoms with van der Waals surface area (Å²) < 4.78 is 0. The van der Waals surface area contributed by atoms with E-state index in [1.54, 1.807) is 4.80 Å². The number of rotatable bonds is 10. The summed E-state index contributed by atoms with van der Waals surface area (Å²) in [7, 11) is 0. The normalized spacial score (nSPS) is 11.0. The van der Waals surface area contributed by atoms with Gasteiger partial charge < -0.3 is 10.4 Å². The SMILES string of the molecule is Cc1ccccc1Cn1nc(CNCCCCCO)c(-c2ccccc2)n1. The van der Waals surface area contributed by atoms with Crippen molar-refractivity contribution in [2.45, 2.75) is 39.3 Å². The number of hydrogen-bond acceptors (Lipinski definition) is 4. The molecule has 3 rings (SSSR count). The van der Waals surface area contributed by atoms with Crippen molar-refractivity contribution >= 4 is 0 Å². The number of benzene rings is 2. The molecule has 2 N–H and O–H groups in total. The molecule has 0 fully saturated rings. The molecule has 1 heterocycles. The Bertz CT molecular complexity index is 829. The molecule has 5 heteroatoms. The molecule has 142 valence electrons. The average Bonchev–Trinajstić information content (AvgIpc) is 3.10. The van der Waals surface area contributed by atoms with Gasteiger partial charge in [0.05, 0.1) is 6.54 Å². The maximum absolute atomic E-state index is 8.87. The summed E-state index contributed by atoms with van der Waals surface area (Å²) in [6.07, 6.45) is 2.96. The van der Waals surface area contributed by atoms with Crippen LogP contribution in [0.1, 0.15) is 36.1 Å². The summed E-state index contributed by atoms with van der Waals surface area (Å²) >= 11 is 0. The number of aromatic nitrogens is 3. The molecule has 0 spiro atoms. The quantitative estimate of drug-likeness (QED) is 0.540. The second-order valence-electron chi connectivity index (χ2n) is 6.78. The highest BCUT2D eigenvalue weighted by atomic mass is 16.2. The fraction of sp³-hybridized carbons (Fsp3) is 0.364. The van der Waals surface area contributed by atoms with Gasteiger partial charge in [-0.1, -0.05) is 54.6 Å². The molecular weight excluding hydrogens is 336 g/mol. The van der Waals surface area contributed by atoms with Crippen molar-refractivity contribution in [3.63, 3.8) is 0 Å². The van der Waals surface area contributed by atoms with Crippen molar-refractivity contribution in [2.75, 3.05) is 13.2 Å². The molecule has 0 aliphatic rings. The number of nitrogens with one attached hydrogen (secondary N) is 1. The van der Waals surface area contributed by atoms with Crippen LogP contribution in [0.3, 0.4) is 0 Å². The number of hydrogen-bond donors (Lipinski definition) is 2. The molecule has 5 nitrogen and oxygen atoms in total. The Morgan fingerprint density at radius 1 is 0.926 bits per heavy atom. The van der Waals surface area contributed by atoms with Crippen LogP contribution in [0.25, 0.3) is 11.3 Å². The zero-order valence-electron chi connectivity index (χ0n) is 15.9. The molecule has 0 amide bonds. The Morgan fingerprint density at radius 3 is 2.48 bits per heavy atom. The van der Waals surface area contributed by atoms with E-state index >= 15 is 0 Å². The summed E-state index contributed by atoms with van der Waals surface area (Å²) in [6.45, 7) is 4.66. The fourth-order valence-electron chi connectivity index (χ4n) is 3.08. The molecule has 3 aromatic rings. The van der Waals surface area contributed by atoms with Gasteiger partial charge in [-0.25, -0.2) is 0 Å². The molecule has 27 heavy (non-hydrogen) atoms. The van der Waals surface area contributed by atoms with Gasteiger partial charge in [0.1, 0.15) is 11.4 Å². The maximum Gasteiger partial charge on any atom is 0.117 e. The first-order chi connectivity index (χ1) is 13.3. The first-order valence-electron chi connectivity index (χ1n) is 9.63. The van der Waals surface area contributed by atoms with Gasteiger partial charge in [-0.05, 0) is 43.9 Å². The minimum atomic E-state index is 0.269. The predicted molar refractivity (Wildman–Crippen MR) is 108 cm³/mol. The van der Waals surface area contributed by atoms with Crippen molar-refractivity contribution in [1.82, 2.24) is 20.3 Å². The zero-order chi connectivity index (χ0) is 18.9. The van der Waals surface area contributed by atoms with E-state index in [1.807, 2.05) is 18.2 Å². The highest BCUT2D eigenvalue weighted by Gasteiger charge is 2.13. The third-order valence-corrected chi connectivity index (χ3v) is 4.65. The van der Waals surface area contributed by atoms with E-state index in [0.717, 1.165) is 42.8 Å². The van der Waals surface area contributed by atoms with Gasteiger partial charge in [0.15, 0.2) is 0 Å². The van der Waals surface area contributed by atoms with Gasteiger partial charge in [-0.3, -0.25) is 0 Å². The standard InChI is InChI=1S/C22H28N4O/c1-18-10-6-7-13-20(18)17-26-24-21(16-23-14-8-3-9-15-27)22(25-26)19-11-4-2-5-12-19/h2,4-7,10-13,23,27H,3,8-9,14-17H2,1H3. The van der Waals surface area contributed by atoms with Crippen molar-refractivity contribution in [2.24, 2.45) is 0 Å². The molecule has 1 aromatic heterocycles. The van der Waals surface area contributed by atoms with Gasteiger partial charge >= 0.3 is 0 Å². The van der Waals surface area contributed by atoms with Crippen LogP contribution in [-0.2, 0) is 13.1 Å². The lowest BCUT2D eigenvalue weighted by molar-refractivity contribution is 0.283. The molecule has 0 unspecified atom stereocenters. The number of nitrogens with zero attached hydrogens (tertiary/aromatic N) is 3. The van der Waals surface area contributed by atoms with Crippen molar-refractivity contribution in [3.8, 4) is 11.3 Å². The minimum Gasteiger partial charge on any atom is -0.396 e. The van der Waals surface area contributed by atoms with Crippen LogP contribution in [0.2, 0.25) is 0 Å². The third kappa shape index (κ3) is 5.49. The van der Waals surface area contributed by atoms with E-state index in [0.29, 0.717) is 13.1 Å². The monoisotopic (exact) mass is 364 g/mol. The van der Waals surface area contributed by atoms with Crippen LogP contribution in [0.5, 0.6) is 0 Å². The predicted octanol–water partition coefficient (Wildman–Crippen LogP) is 3.55. The van der Waals surface area contributed by atoms with Crippen LogP contribution >= 0.6 is 0 Å². The van der Waals surface area contributed by atoms with E-state index in [-0.39, 0.29) is 6.61 Å². The van der Waals surface area contributed by atoms with Crippen LogP contribution < -0.4 is 5.32 Å². The largest absolute Gasteiger partial charge is 0.396 e. The number of aryl methyl sites for hydroxylation is 1. The van der Waals surface area contributed by atoms with Gasteiger partial charge in [-0.15, -0.1) is 0 Å². The van der Waals surface area contributed by atoms with Gasteiger partial charge in [0.25, 0.3) is 0 Å². The number of aliphatic hydroxyl groups is 1. The van der Waals surface area contributed by atoms with E-state index in [4.69, 9.17) is 15.3 Å². The van der Waals surface area contributed by atoms with E-state index < -0.39 is 0 Å². The average molecular weight is 364 g/mol. The topological polar surface area (TPSA) is 63.0 Å². The molecule has 0 saturated carbocycles. The van der Waals surface area contributed by atoms with Gasteiger partial charge in [0, 0.05) is 18.7 Å². The smallest absolute Gasteiger partial charge is 0.117 e. The number of aliphatic hydroxyl groups excluding tert-OH is 1. The van der Waals surface area contributed by atoms with Crippen LogP contribution in [0.15, 0.2) is 54.6 Å². The molecule has 0 aliphatic heterocycles. The van der Waals surface area contributed by atoms with Crippen molar-refractivity contribution in [1.29, 1.82) is 0 Å².